The average Bonchev–Trinajstić information content (AvgIpc) is 2.76. The van der Waals surface area contributed by atoms with Crippen LogP contribution >= 0.6 is 0 Å². The van der Waals surface area contributed by atoms with Gasteiger partial charge < -0.3 is 25.0 Å². The molecule has 1 aliphatic rings. The number of aromatic nitrogens is 2. The first-order valence-electron chi connectivity index (χ1n) is 10.2. The lowest BCUT2D eigenvalue weighted by Crippen LogP contribution is -2.49. The standard InChI is InChI=1S/C22H29N5O4/c1-14-11-27(15(2)13-28)22(30)16-6-5-7-17(20(16)31-19(14)12-26(3)4)25-21(29)18-10-23-8-9-24-18/h5-10,14-15,19,28H,11-13H2,1-4H3,(H,25,29)/t14-,15+,19+/m1/s1. The van der Waals surface area contributed by atoms with Crippen LogP contribution in [0.2, 0.25) is 0 Å². The van der Waals surface area contributed by atoms with Gasteiger partial charge in [-0.25, -0.2) is 4.98 Å². The largest absolute Gasteiger partial charge is 0.486 e. The number of likely N-dealkylation sites (N-methyl/N-ethyl adjacent to an activating group) is 1. The summed E-state index contributed by atoms with van der Waals surface area (Å²) >= 11 is 0. The highest BCUT2D eigenvalue weighted by atomic mass is 16.5. The van der Waals surface area contributed by atoms with Gasteiger partial charge in [0.05, 0.1) is 30.1 Å². The first-order valence-corrected chi connectivity index (χ1v) is 10.2. The molecule has 166 valence electrons. The summed E-state index contributed by atoms with van der Waals surface area (Å²) in [6.07, 6.45) is 4.06. The number of carbonyl (C=O) groups excluding carboxylic acids is 2. The molecule has 0 radical (unpaired) electrons. The van der Waals surface area contributed by atoms with Gasteiger partial charge in [0.25, 0.3) is 11.8 Å². The van der Waals surface area contributed by atoms with Gasteiger partial charge in [-0.05, 0) is 33.2 Å². The van der Waals surface area contributed by atoms with Gasteiger partial charge in [-0.1, -0.05) is 13.0 Å². The number of anilines is 1. The van der Waals surface area contributed by atoms with Gasteiger partial charge in [-0.2, -0.15) is 0 Å². The minimum Gasteiger partial charge on any atom is -0.486 e. The molecule has 0 aliphatic carbocycles. The van der Waals surface area contributed by atoms with E-state index in [-0.39, 0.29) is 36.3 Å². The van der Waals surface area contributed by atoms with Crippen LogP contribution in [0.15, 0.2) is 36.8 Å². The van der Waals surface area contributed by atoms with E-state index >= 15 is 0 Å². The quantitative estimate of drug-likeness (QED) is 0.719. The molecule has 9 nitrogen and oxygen atoms in total. The van der Waals surface area contributed by atoms with Crippen LogP contribution in [-0.2, 0) is 0 Å². The predicted molar refractivity (Wildman–Crippen MR) is 116 cm³/mol. The Morgan fingerprint density at radius 2 is 2.16 bits per heavy atom. The minimum absolute atomic E-state index is 0.00255. The number of ether oxygens (including phenoxy) is 1. The summed E-state index contributed by atoms with van der Waals surface area (Å²) in [7, 11) is 3.91. The lowest BCUT2D eigenvalue weighted by Gasteiger charge is -2.38. The predicted octanol–water partition coefficient (Wildman–Crippen LogP) is 1.51. The zero-order valence-electron chi connectivity index (χ0n) is 18.3. The highest BCUT2D eigenvalue weighted by Gasteiger charge is 2.34. The van der Waals surface area contributed by atoms with Crippen LogP contribution in [0, 0.1) is 5.92 Å². The Kier molecular flexibility index (Phi) is 7.19. The number of amides is 2. The van der Waals surface area contributed by atoms with Crippen molar-refractivity contribution in [3.63, 3.8) is 0 Å². The Bertz CT molecular complexity index is 921. The lowest BCUT2D eigenvalue weighted by molar-refractivity contribution is 0.0365. The maximum Gasteiger partial charge on any atom is 0.275 e. The number of aliphatic hydroxyl groups excluding tert-OH is 1. The van der Waals surface area contributed by atoms with Gasteiger partial charge in [-0.15, -0.1) is 0 Å². The third kappa shape index (κ3) is 5.18. The smallest absolute Gasteiger partial charge is 0.275 e. The fraction of sp³-hybridized carbons (Fsp3) is 0.455. The monoisotopic (exact) mass is 427 g/mol. The van der Waals surface area contributed by atoms with Crippen molar-refractivity contribution in [2.45, 2.75) is 26.0 Å². The van der Waals surface area contributed by atoms with E-state index < -0.39 is 5.91 Å². The van der Waals surface area contributed by atoms with Crippen molar-refractivity contribution in [2.75, 3.05) is 39.1 Å². The van der Waals surface area contributed by atoms with E-state index in [0.717, 1.165) is 0 Å². The summed E-state index contributed by atoms with van der Waals surface area (Å²) in [6, 6.07) is 4.72. The number of carbonyl (C=O) groups is 2. The van der Waals surface area contributed by atoms with Crippen molar-refractivity contribution in [3.05, 3.63) is 48.0 Å². The number of nitrogens with one attached hydrogen (secondary N) is 1. The number of hydrogen-bond donors (Lipinski definition) is 2. The molecule has 0 fully saturated rings. The second kappa shape index (κ2) is 9.84. The Hall–Kier alpha value is -3.04. The van der Waals surface area contributed by atoms with Crippen LogP contribution in [-0.4, -0.2) is 82.6 Å². The van der Waals surface area contributed by atoms with Crippen LogP contribution in [0.4, 0.5) is 5.69 Å². The molecule has 0 saturated carbocycles. The number of aliphatic hydroxyl groups is 1. The fourth-order valence-corrected chi connectivity index (χ4v) is 3.52. The van der Waals surface area contributed by atoms with Crippen molar-refractivity contribution in [1.82, 2.24) is 19.8 Å². The van der Waals surface area contributed by atoms with Crippen LogP contribution in [0.5, 0.6) is 5.75 Å². The number of para-hydroxylation sites is 1. The van der Waals surface area contributed by atoms with Crippen LogP contribution in [0.3, 0.4) is 0 Å². The minimum atomic E-state index is -0.447. The summed E-state index contributed by atoms with van der Waals surface area (Å²) in [4.78, 5) is 37.7. The van der Waals surface area contributed by atoms with Gasteiger partial charge in [0, 0.05) is 31.4 Å². The molecule has 1 aliphatic heterocycles. The second-order valence-corrected chi connectivity index (χ2v) is 8.11. The molecule has 9 heteroatoms. The SMILES string of the molecule is C[C@@H]1CN([C@@H](C)CO)C(=O)c2cccc(NC(=O)c3cnccn3)c2O[C@H]1CN(C)C. The Labute approximate surface area is 182 Å². The number of nitrogens with zero attached hydrogens (tertiary/aromatic N) is 4. The van der Waals surface area contributed by atoms with E-state index in [9.17, 15) is 14.7 Å². The molecule has 0 saturated heterocycles. The molecular formula is C22H29N5O4. The molecule has 2 heterocycles. The third-order valence-corrected chi connectivity index (χ3v) is 5.28. The third-order valence-electron chi connectivity index (χ3n) is 5.28. The van der Waals surface area contributed by atoms with Crippen LogP contribution in [0.25, 0.3) is 0 Å². The Morgan fingerprint density at radius 3 is 2.81 bits per heavy atom. The Morgan fingerprint density at radius 1 is 1.39 bits per heavy atom. The molecule has 3 atom stereocenters. The van der Waals surface area contributed by atoms with Crippen molar-refractivity contribution >= 4 is 17.5 Å². The van der Waals surface area contributed by atoms with E-state index in [4.69, 9.17) is 4.74 Å². The molecule has 0 spiro atoms. The first kappa shape index (κ1) is 22.6. The second-order valence-electron chi connectivity index (χ2n) is 8.11. The molecule has 2 amide bonds. The van der Waals surface area contributed by atoms with Crippen LogP contribution in [0.1, 0.15) is 34.7 Å². The molecule has 0 unspecified atom stereocenters. The molecular weight excluding hydrogens is 398 g/mol. The van der Waals surface area contributed by atoms with E-state index in [1.165, 1.54) is 18.6 Å². The summed E-state index contributed by atoms with van der Waals surface area (Å²) in [5, 5.41) is 12.5. The fourth-order valence-electron chi connectivity index (χ4n) is 3.52. The topological polar surface area (TPSA) is 108 Å². The molecule has 3 rings (SSSR count). The number of rotatable bonds is 6. The van der Waals surface area contributed by atoms with E-state index in [1.54, 1.807) is 23.1 Å². The lowest BCUT2D eigenvalue weighted by atomic mass is 9.99. The molecule has 31 heavy (non-hydrogen) atoms. The maximum atomic E-state index is 13.4. The Balaban J connectivity index is 2.04. The molecule has 2 N–H and O–H groups in total. The number of fused-ring (bicyclic) bond motifs is 1. The van der Waals surface area contributed by atoms with Crippen molar-refractivity contribution in [2.24, 2.45) is 5.92 Å². The summed E-state index contributed by atoms with van der Waals surface area (Å²) < 4.78 is 6.36. The van der Waals surface area contributed by atoms with Gasteiger partial charge >= 0.3 is 0 Å². The van der Waals surface area contributed by atoms with E-state index in [1.807, 2.05) is 32.8 Å². The molecule has 1 aromatic heterocycles. The van der Waals surface area contributed by atoms with Crippen LogP contribution < -0.4 is 10.1 Å². The zero-order valence-corrected chi connectivity index (χ0v) is 18.3. The average molecular weight is 428 g/mol. The van der Waals surface area contributed by atoms with Gasteiger partial charge in [-0.3, -0.25) is 14.6 Å². The summed E-state index contributed by atoms with van der Waals surface area (Å²) in [5.41, 5.74) is 0.884. The molecule has 2 aromatic rings. The highest BCUT2D eigenvalue weighted by molar-refractivity contribution is 6.06. The number of hydrogen-bond acceptors (Lipinski definition) is 7. The first-order chi connectivity index (χ1) is 14.8. The normalized spacial score (nSPS) is 19.8. The number of benzene rings is 1. The highest BCUT2D eigenvalue weighted by Crippen LogP contribution is 2.35. The van der Waals surface area contributed by atoms with Crippen molar-refractivity contribution in [3.8, 4) is 5.75 Å². The summed E-state index contributed by atoms with van der Waals surface area (Å²) in [6.45, 7) is 4.77. The van der Waals surface area contributed by atoms with E-state index in [2.05, 4.69) is 15.3 Å². The van der Waals surface area contributed by atoms with E-state index in [0.29, 0.717) is 30.1 Å². The van der Waals surface area contributed by atoms with Crippen molar-refractivity contribution in [1.29, 1.82) is 0 Å². The van der Waals surface area contributed by atoms with Gasteiger partial charge in [0.15, 0.2) is 5.75 Å². The maximum absolute atomic E-state index is 13.4. The van der Waals surface area contributed by atoms with Crippen molar-refractivity contribution < 1.29 is 19.4 Å². The van der Waals surface area contributed by atoms with Gasteiger partial charge in [0.2, 0.25) is 0 Å². The molecule has 1 aromatic carbocycles. The summed E-state index contributed by atoms with van der Waals surface area (Å²) in [5.74, 6) is -0.379. The zero-order chi connectivity index (χ0) is 22.5. The molecule has 0 bridgehead atoms. The van der Waals surface area contributed by atoms with Gasteiger partial charge in [0.1, 0.15) is 11.8 Å².